The Hall–Kier alpha value is -0.480. The number of fused-ring (bicyclic) bond motifs is 1. The summed E-state index contributed by atoms with van der Waals surface area (Å²) in [6, 6.07) is 0. The summed E-state index contributed by atoms with van der Waals surface area (Å²) < 4.78 is 42.4. The summed E-state index contributed by atoms with van der Waals surface area (Å²) in [4.78, 5) is 0. The molecule has 4 aliphatic rings. The smallest absolute Gasteiger partial charge is 0.187 e. The monoisotopic (exact) mass is 564 g/mol. The number of aliphatic hydroxyl groups is 5. The molecule has 0 aromatic carbocycles. The van der Waals surface area contributed by atoms with Crippen LogP contribution in [0.25, 0.3) is 0 Å². The summed E-state index contributed by atoms with van der Waals surface area (Å²) in [5.74, 6) is 0.0322. The number of aliphatic hydroxyl groups excluding tert-OH is 5. The zero-order valence-electron chi connectivity index (χ0n) is 23.2. The van der Waals surface area contributed by atoms with Crippen LogP contribution in [0, 0.1) is 5.92 Å². The number of methoxy groups -OCH3 is 1. The second-order valence-corrected chi connectivity index (χ2v) is 11.4. The molecule has 0 radical (unpaired) electrons. The van der Waals surface area contributed by atoms with Crippen LogP contribution in [0.3, 0.4) is 0 Å². The van der Waals surface area contributed by atoms with Crippen LogP contribution in [0.4, 0.5) is 0 Å². The van der Waals surface area contributed by atoms with Gasteiger partial charge in [0, 0.05) is 13.7 Å². The molecular weight excluding hydrogens is 516 g/mol. The van der Waals surface area contributed by atoms with E-state index in [0.717, 1.165) is 38.5 Å². The minimum atomic E-state index is -1.43. The van der Waals surface area contributed by atoms with Crippen molar-refractivity contribution >= 4 is 0 Å². The third kappa shape index (κ3) is 7.49. The molecule has 12 nitrogen and oxygen atoms in total. The van der Waals surface area contributed by atoms with Crippen LogP contribution in [0.15, 0.2) is 0 Å². The summed E-state index contributed by atoms with van der Waals surface area (Å²) in [5.41, 5.74) is 0. The van der Waals surface area contributed by atoms with Gasteiger partial charge in [0.05, 0.1) is 37.6 Å². The molecule has 14 unspecified atom stereocenters. The van der Waals surface area contributed by atoms with Crippen molar-refractivity contribution in [2.24, 2.45) is 5.92 Å². The topological polar surface area (TPSA) is 166 Å². The minimum absolute atomic E-state index is 0.0322. The summed E-state index contributed by atoms with van der Waals surface area (Å²) >= 11 is 0. The molecule has 4 rings (SSSR count). The van der Waals surface area contributed by atoms with Crippen molar-refractivity contribution in [1.29, 1.82) is 0 Å². The Morgan fingerprint density at radius 2 is 1.54 bits per heavy atom. The predicted octanol–water partition coefficient (Wildman–Crippen LogP) is -0.158. The highest BCUT2D eigenvalue weighted by atomic mass is 16.7. The fourth-order valence-corrected chi connectivity index (χ4v) is 6.11. The van der Waals surface area contributed by atoms with Gasteiger partial charge in [-0.3, -0.25) is 0 Å². The Morgan fingerprint density at radius 3 is 2.28 bits per heavy atom. The van der Waals surface area contributed by atoms with Crippen molar-refractivity contribution in [3.05, 3.63) is 0 Å². The average molecular weight is 565 g/mol. The Labute approximate surface area is 230 Å². The first-order valence-corrected chi connectivity index (χ1v) is 14.5. The summed E-state index contributed by atoms with van der Waals surface area (Å²) in [6.45, 7) is 4.01. The fourth-order valence-electron chi connectivity index (χ4n) is 6.11. The molecule has 1 saturated carbocycles. The molecule has 14 atom stereocenters. The van der Waals surface area contributed by atoms with Crippen molar-refractivity contribution in [2.75, 3.05) is 26.9 Å². The van der Waals surface area contributed by atoms with Gasteiger partial charge in [0.15, 0.2) is 12.6 Å². The van der Waals surface area contributed by atoms with E-state index in [4.69, 9.17) is 33.2 Å². The molecule has 3 saturated heterocycles. The maximum absolute atomic E-state index is 11.1. The lowest BCUT2D eigenvalue weighted by atomic mass is 9.85. The van der Waals surface area contributed by atoms with Crippen LogP contribution in [0.1, 0.15) is 58.8 Å². The van der Waals surface area contributed by atoms with Crippen molar-refractivity contribution < 1.29 is 58.7 Å². The van der Waals surface area contributed by atoms with Crippen molar-refractivity contribution in [3.8, 4) is 0 Å². The van der Waals surface area contributed by atoms with Crippen LogP contribution in [-0.2, 0) is 33.2 Å². The molecular formula is C27H48O12. The van der Waals surface area contributed by atoms with Crippen molar-refractivity contribution in [3.63, 3.8) is 0 Å². The lowest BCUT2D eigenvalue weighted by Crippen LogP contribution is -2.63. The van der Waals surface area contributed by atoms with Crippen LogP contribution < -0.4 is 0 Å². The fraction of sp³-hybridized carbons (Fsp3) is 1.00. The summed E-state index contributed by atoms with van der Waals surface area (Å²) in [5, 5.41) is 52.0. The van der Waals surface area contributed by atoms with Gasteiger partial charge in [-0.1, -0.05) is 26.2 Å². The first-order chi connectivity index (χ1) is 18.7. The van der Waals surface area contributed by atoms with Crippen LogP contribution in [0.5, 0.6) is 0 Å². The van der Waals surface area contributed by atoms with Gasteiger partial charge in [0.1, 0.15) is 42.7 Å². The normalized spacial score (nSPS) is 48.3. The van der Waals surface area contributed by atoms with E-state index >= 15 is 0 Å². The van der Waals surface area contributed by atoms with E-state index in [1.54, 1.807) is 14.0 Å². The SMILES string of the molecule is COCC1CCCCCOC2C(OC3CCCC(C)C3OC3OC(C)C(O)C(O)C3O)OC(CO)C(O)C2O1. The summed E-state index contributed by atoms with van der Waals surface area (Å²) in [6.07, 6.45) is -5.88. The molecule has 0 amide bonds. The molecule has 228 valence electrons. The average Bonchev–Trinajstić information content (AvgIpc) is 2.92. The number of hydrogen-bond donors (Lipinski definition) is 5. The number of ether oxygens (including phenoxy) is 7. The molecule has 0 aromatic rings. The molecule has 0 bridgehead atoms. The van der Waals surface area contributed by atoms with Crippen molar-refractivity contribution in [2.45, 2.75) is 139 Å². The van der Waals surface area contributed by atoms with Gasteiger partial charge >= 0.3 is 0 Å². The number of rotatable bonds is 7. The quantitative estimate of drug-likeness (QED) is 0.278. The van der Waals surface area contributed by atoms with E-state index in [1.165, 1.54) is 0 Å². The Morgan fingerprint density at radius 1 is 0.744 bits per heavy atom. The second-order valence-electron chi connectivity index (χ2n) is 11.4. The van der Waals surface area contributed by atoms with E-state index < -0.39 is 80.2 Å². The van der Waals surface area contributed by atoms with E-state index in [-0.39, 0.29) is 12.0 Å². The lowest BCUT2D eigenvalue weighted by Gasteiger charge is -2.48. The lowest BCUT2D eigenvalue weighted by molar-refractivity contribution is -0.354. The van der Waals surface area contributed by atoms with Crippen molar-refractivity contribution in [1.82, 2.24) is 0 Å². The first-order valence-electron chi connectivity index (χ1n) is 14.5. The van der Waals surface area contributed by atoms with Crippen LogP contribution in [-0.4, -0.2) is 132 Å². The molecule has 39 heavy (non-hydrogen) atoms. The molecule has 1 aliphatic carbocycles. The first kappa shape index (κ1) is 31.5. The van der Waals surface area contributed by atoms with E-state index in [1.807, 2.05) is 6.92 Å². The molecule has 3 heterocycles. The molecule has 5 N–H and O–H groups in total. The highest BCUT2D eigenvalue weighted by molar-refractivity contribution is 4.95. The number of hydrogen-bond acceptors (Lipinski definition) is 12. The molecule has 12 heteroatoms. The van der Waals surface area contributed by atoms with Gasteiger partial charge in [0.25, 0.3) is 0 Å². The molecule has 0 spiro atoms. The molecule has 0 aromatic heterocycles. The van der Waals surface area contributed by atoms with Gasteiger partial charge in [-0.2, -0.15) is 0 Å². The van der Waals surface area contributed by atoms with E-state index in [0.29, 0.717) is 19.6 Å². The standard InChI is InChI=1S/C27H48O12/c1-14-8-7-10-17(23(14)39-26-22(32)21(31)19(29)15(2)35-26)37-27-25-24(20(30)18(12-28)38-27)36-16(13-33-3)9-5-4-6-11-34-25/h14-32H,4-13H2,1-3H3. The minimum Gasteiger partial charge on any atom is -0.394 e. The van der Waals surface area contributed by atoms with Crippen LogP contribution in [0.2, 0.25) is 0 Å². The Bertz CT molecular complexity index is 729. The van der Waals surface area contributed by atoms with Crippen LogP contribution >= 0.6 is 0 Å². The molecule has 4 fully saturated rings. The Kier molecular flexibility index (Phi) is 11.8. The highest BCUT2D eigenvalue weighted by Crippen LogP contribution is 2.36. The molecule has 3 aliphatic heterocycles. The highest BCUT2D eigenvalue weighted by Gasteiger charge is 2.51. The van der Waals surface area contributed by atoms with Gasteiger partial charge in [-0.15, -0.1) is 0 Å². The van der Waals surface area contributed by atoms with Gasteiger partial charge in [0.2, 0.25) is 0 Å². The van der Waals surface area contributed by atoms with E-state index in [2.05, 4.69) is 0 Å². The van der Waals surface area contributed by atoms with Gasteiger partial charge in [-0.05, 0) is 38.5 Å². The largest absolute Gasteiger partial charge is 0.394 e. The maximum Gasteiger partial charge on any atom is 0.187 e. The third-order valence-electron chi connectivity index (χ3n) is 8.47. The Balaban J connectivity index is 1.53. The second kappa shape index (κ2) is 14.6. The predicted molar refractivity (Wildman–Crippen MR) is 136 cm³/mol. The maximum atomic E-state index is 11.1. The zero-order chi connectivity index (χ0) is 28.1. The third-order valence-corrected chi connectivity index (χ3v) is 8.47. The summed E-state index contributed by atoms with van der Waals surface area (Å²) in [7, 11) is 1.61. The zero-order valence-corrected chi connectivity index (χ0v) is 23.2. The van der Waals surface area contributed by atoms with E-state index in [9.17, 15) is 25.5 Å². The van der Waals surface area contributed by atoms with Gasteiger partial charge < -0.3 is 58.7 Å². The van der Waals surface area contributed by atoms with Gasteiger partial charge in [-0.25, -0.2) is 0 Å².